The number of hydrogen-bond donors (Lipinski definition) is 3. The summed E-state index contributed by atoms with van der Waals surface area (Å²) in [4.78, 5) is 34.8. The van der Waals surface area contributed by atoms with Gasteiger partial charge in [0.15, 0.2) is 0 Å². The van der Waals surface area contributed by atoms with Crippen LogP contribution in [0.4, 0.5) is 5.69 Å². The zero-order valence-electron chi connectivity index (χ0n) is 12.5. The third-order valence-electron chi connectivity index (χ3n) is 2.76. The van der Waals surface area contributed by atoms with E-state index in [0.29, 0.717) is 17.8 Å². The number of nitrogens with zero attached hydrogens (tertiary/aromatic N) is 1. The van der Waals surface area contributed by atoms with Crippen LogP contribution in [-0.2, 0) is 9.59 Å². The lowest BCUT2D eigenvalue weighted by Crippen LogP contribution is -2.44. The first-order valence-corrected chi connectivity index (χ1v) is 6.83. The molecule has 7 nitrogen and oxygen atoms in total. The second-order valence-corrected chi connectivity index (χ2v) is 4.55. The van der Waals surface area contributed by atoms with Crippen molar-refractivity contribution >= 4 is 23.4 Å². The number of carbonyl (C=O) groups excluding carboxylic acids is 3. The number of amides is 3. The molecule has 0 saturated carbocycles. The third kappa shape index (κ3) is 5.25. The standard InChI is InChI=1S/C15H18N4O3/c1-3-17-14(21)10(2)18-15(22)11-4-6-12(7-5-11)19-13(20)8-9-16/h4-7,10H,3,8H2,1-2H3,(H,17,21)(H,18,22)(H,19,20). The molecule has 7 heteroatoms. The van der Waals surface area contributed by atoms with Crippen molar-refractivity contribution in [2.75, 3.05) is 11.9 Å². The van der Waals surface area contributed by atoms with Gasteiger partial charge in [-0.2, -0.15) is 5.26 Å². The molecule has 0 aromatic heterocycles. The average Bonchev–Trinajstić information content (AvgIpc) is 2.48. The lowest BCUT2D eigenvalue weighted by Gasteiger charge is -2.13. The second kappa shape index (κ2) is 8.42. The molecule has 3 N–H and O–H groups in total. The van der Waals surface area contributed by atoms with Gasteiger partial charge in [-0.1, -0.05) is 0 Å². The predicted octanol–water partition coefficient (Wildman–Crippen LogP) is 0.793. The molecule has 0 fully saturated rings. The minimum absolute atomic E-state index is 0.230. The highest BCUT2D eigenvalue weighted by atomic mass is 16.2. The molecule has 1 unspecified atom stereocenters. The molecule has 1 aromatic rings. The maximum Gasteiger partial charge on any atom is 0.251 e. The summed E-state index contributed by atoms with van der Waals surface area (Å²) in [5.41, 5.74) is 0.864. The number of likely N-dealkylation sites (N-methyl/N-ethyl adjacent to an activating group) is 1. The topological polar surface area (TPSA) is 111 Å². The van der Waals surface area contributed by atoms with Crippen molar-refractivity contribution in [1.29, 1.82) is 5.26 Å². The molecule has 0 saturated heterocycles. The Morgan fingerprint density at radius 3 is 2.41 bits per heavy atom. The Hall–Kier alpha value is -2.88. The van der Waals surface area contributed by atoms with Gasteiger partial charge < -0.3 is 16.0 Å². The molecule has 3 amide bonds. The largest absolute Gasteiger partial charge is 0.355 e. The maximum absolute atomic E-state index is 12.0. The molecular weight excluding hydrogens is 284 g/mol. The van der Waals surface area contributed by atoms with Crippen molar-refractivity contribution in [2.45, 2.75) is 26.3 Å². The van der Waals surface area contributed by atoms with Gasteiger partial charge in [0.2, 0.25) is 11.8 Å². The highest BCUT2D eigenvalue weighted by Gasteiger charge is 2.15. The molecule has 22 heavy (non-hydrogen) atoms. The molecule has 0 aliphatic rings. The fourth-order valence-electron chi connectivity index (χ4n) is 1.65. The summed E-state index contributed by atoms with van der Waals surface area (Å²) in [6, 6.07) is 7.28. The van der Waals surface area contributed by atoms with E-state index in [1.54, 1.807) is 32.0 Å². The van der Waals surface area contributed by atoms with E-state index in [-0.39, 0.29) is 18.2 Å². The summed E-state index contributed by atoms with van der Waals surface area (Å²) in [5.74, 6) is -1.05. The van der Waals surface area contributed by atoms with Crippen LogP contribution >= 0.6 is 0 Å². The van der Waals surface area contributed by atoms with Crippen molar-refractivity contribution < 1.29 is 14.4 Å². The highest BCUT2D eigenvalue weighted by molar-refractivity contribution is 5.98. The molecule has 0 radical (unpaired) electrons. The van der Waals surface area contributed by atoms with Crippen molar-refractivity contribution in [1.82, 2.24) is 10.6 Å². The van der Waals surface area contributed by atoms with Crippen LogP contribution in [0.25, 0.3) is 0 Å². The zero-order valence-corrected chi connectivity index (χ0v) is 12.5. The van der Waals surface area contributed by atoms with Crippen LogP contribution in [0.5, 0.6) is 0 Å². The Bertz CT molecular complexity index is 590. The van der Waals surface area contributed by atoms with Crippen molar-refractivity contribution in [2.24, 2.45) is 0 Å². The molecule has 0 bridgehead atoms. The van der Waals surface area contributed by atoms with Crippen LogP contribution in [0.1, 0.15) is 30.6 Å². The predicted molar refractivity (Wildman–Crippen MR) is 80.9 cm³/mol. The first-order valence-electron chi connectivity index (χ1n) is 6.83. The van der Waals surface area contributed by atoms with Gasteiger partial charge in [-0.3, -0.25) is 14.4 Å². The van der Waals surface area contributed by atoms with Gasteiger partial charge in [-0.05, 0) is 38.1 Å². The van der Waals surface area contributed by atoms with E-state index in [2.05, 4.69) is 16.0 Å². The van der Waals surface area contributed by atoms with Gasteiger partial charge in [0, 0.05) is 17.8 Å². The molecule has 0 heterocycles. The van der Waals surface area contributed by atoms with Gasteiger partial charge in [-0.25, -0.2) is 0 Å². The Labute approximate surface area is 128 Å². The van der Waals surface area contributed by atoms with E-state index in [1.807, 2.05) is 0 Å². The van der Waals surface area contributed by atoms with Crippen LogP contribution in [0.3, 0.4) is 0 Å². The van der Waals surface area contributed by atoms with Gasteiger partial charge in [-0.15, -0.1) is 0 Å². The molecule has 1 rings (SSSR count). The monoisotopic (exact) mass is 302 g/mol. The van der Waals surface area contributed by atoms with E-state index in [0.717, 1.165) is 0 Å². The number of carbonyl (C=O) groups is 3. The summed E-state index contributed by atoms with van der Waals surface area (Å²) in [6.45, 7) is 3.89. The third-order valence-corrected chi connectivity index (χ3v) is 2.76. The van der Waals surface area contributed by atoms with Crippen molar-refractivity contribution in [3.8, 4) is 6.07 Å². The van der Waals surface area contributed by atoms with Crippen molar-refractivity contribution in [3.63, 3.8) is 0 Å². The summed E-state index contributed by atoms with van der Waals surface area (Å²) in [6.07, 6.45) is -0.230. The fourth-order valence-corrected chi connectivity index (χ4v) is 1.65. The summed E-state index contributed by atoms with van der Waals surface area (Å²) < 4.78 is 0. The average molecular weight is 302 g/mol. The van der Waals surface area contributed by atoms with E-state index in [1.165, 1.54) is 12.1 Å². The van der Waals surface area contributed by atoms with Gasteiger partial charge >= 0.3 is 0 Å². The van der Waals surface area contributed by atoms with Crippen LogP contribution in [0, 0.1) is 11.3 Å². The Kier molecular flexibility index (Phi) is 6.57. The molecule has 0 aliphatic carbocycles. The van der Waals surface area contributed by atoms with E-state index < -0.39 is 11.9 Å². The quantitative estimate of drug-likeness (QED) is 0.721. The molecule has 1 atom stereocenters. The number of anilines is 1. The number of benzene rings is 1. The maximum atomic E-state index is 12.0. The molecule has 1 aromatic carbocycles. The first-order chi connectivity index (χ1) is 10.5. The second-order valence-electron chi connectivity index (χ2n) is 4.55. The smallest absolute Gasteiger partial charge is 0.251 e. The van der Waals surface area contributed by atoms with Crippen LogP contribution < -0.4 is 16.0 Å². The van der Waals surface area contributed by atoms with E-state index in [4.69, 9.17) is 5.26 Å². The lowest BCUT2D eigenvalue weighted by atomic mass is 10.1. The Morgan fingerprint density at radius 1 is 1.23 bits per heavy atom. The number of nitrogens with one attached hydrogen (secondary N) is 3. The lowest BCUT2D eigenvalue weighted by molar-refractivity contribution is -0.122. The zero-order chi connectivity index (χ0) is 16.5. The van der Waals surface area contributed by atoms with Gasteiger partial charge in [0.25, 0.3) is 5.91 Å². The highest BCUT2D eigenvalue weighted by Crippen LogP contribution is 2.10. The van der Waals surface area contributed by atoms with E-state index in [9.17, 15) is 14.4 Å². The molecule has 0 aliphatic heterocycles. The number of hydrogen-bond acceptors (Lipinski definition) is 4. The summed E-state index contributed by atoms with van der Waals surface area (Å²) in [7, 11) is 0. The van der Waals surface area contributed by atoms with Crippen LogP contribution in [0.15, 0.2) is 24.3 Å². The Balaban J connectivity index is 2.62. The summed E-state index contributed by atoms with van der Waals surface area (Å²) >= 11 is 0. The normalized spacial score (nSPS) is 11.0. The molecule has 116 valence electrons. The van der Waals surface area contributed by atoms with Crippen LogP contribution in [0.2, 0.25) is 0 Å². The minimum Gasteiger partial charge on any atom is -0.355 e. The molecular formula is C15H18N4O3. The molecule has 0 spiro atoms. The SMILES string of the molecule is CCNC(=O)C(C)NC(=O)c1ccc(NC(=O)CC#N)cc1. The van der Waals surface area contributed by atoms with E-state index >= 15 is 0 Å². The van der Waals surface area contributed by atoms with Crippen molar-refractivity contribution in [3.05, 3.63) is 29.8 Å². The fraction of sp³-hybridized carbons (Fsp3) is 0.333. The van der Waals surface area contributed by atoms with Gasteiger partial charge in [0.05, 0.1) is 6.07 Å². The first kappa shape index (κ1) is 17.2. The van der Waals surface area contributed by atoms with Gasteiger partial charge in [0.1, 0.15) is 12.5 Å². The number of rotatable bonds is 6. The minimum atomic E-state index is -0.637. The van der Waals surface area contributed by atoms with Crippen LogP contribution in [-0.4, -0.2) is 30.3 Å². The Morgan fingerprint density at radius 2 is 1.86 bits per heavy atom. The summed E-state index contributed by atoms with van der Waals surface area (Å²) in [5, 5.41) is 16.1. The number of nitriles is 1.